The van der Waals surface area contributed by atoms with Crippen LogP contribution in [0.4, 0.5) is 0 Å². The Labute approximate surface area is 96.3 Å². The van der Waals surface area contributed by atoms with Gasteiger partial charge in [0.15, 0.2) is 0 Å². The van der Waals surface area contributed by atoms with Crippen LogP contribution in [0.3, 0.4) is 0 Å². The Morgan fingerprint density at radius 3 is 1.69 bits per heavy atom. The van der Waals surface area contributed by atoms with E-state index in [1.807, 2.05) is 0 Å². The summed E-state index contributed by atoms with van der Waals surface area (Å²) < 4.78 is 0. The highest BCUT2D eigenvalue weighted by atomic mass is 16.4. The number of hydrogen-bond acceptors (Lipinski definition) is 3. The fourth-order valence-corrected chi connectivity index (χ4v) is 0.204. The monoisotopic (exact) mass is 231 g/mol. The van der Waals surface area contributed by atoms with Crippen molar-refractivity contribution in [1.82, 2.24) is 0 Å². The SMILES string of the molecule is C=C(C)C(=O)O.C=CC(=O)O.CCCCN. The van der Waals surface area contributed by atoms with Crippen molar-refractivity contribution < 1.29 is 19.8 Å². The quantitative estimate of drug-likeness (QED) is 0.639. The van der Waals surface area contributed by atoms with Crippen LogP contribution in [0.2, 0.25) is 0 Å². The molecule has 0 aromatic rings. The Morgan fingerprint density at radius 1 is 1.38 bits per heavy atom. The Balaban J connectivity index is -0.000000160. The molecule has 0 heterocycles. The van der Waals surface area contributed by atoms with Crippen LogP contribution in [-0.2, 0) is 9.59 Å². The number of unbranched alkanes of at least 4 members (excludes halogenated alkanes) is 1. The molecule has 0 saturated heterocycles. The number of carboxylic acid groups (broad SMARTS) is 2. The van der Waals surface area contributed by atoms with Crippen molar-refractivity contribution in [1.29, 1.82) is 0 Å². The number of carboxylic acids is 2. The standard InChI is InChI=1S/C4H11N.C4H6O2.C3H4O2/c1-2-3-4-5;1-3(2)4(5)6;1-2-3(4)5/h2-5H2,1H3;1H2,2H3,(H,5,6);2H,1H2,(H,4,5). The van der Waals surface area contributed by atoms with E-state index in [0.717, 1.165) is 12.6 Å². The van der Waals surface area contributed by atoms with Gasteiger partial charge in [-0.15, -0.1) is 0 Å². The van der Waals surface area contributed by atoms with Gasteiger partial charge < -0.3 is 15.9 Å². The van der Waals surface area contributed by atoms with Crippen molar-refractivity contribution in [3.63, 3.8) is 0 Å². The molecule has 0 aromatic carbocycles. The molecule has 4 N–H and O–H groups in total. The van der Waals surface area contributed by atoms with Gasteiger partial charge in [0.2, 0.25) is 0 Å². The lowest BCUT2D eigenvalue weighted by Gasteiger charge is -1.80. The molecule has 0 radical (unpaired) electrons. The molecule has 94 valence electrons. The fraction of sp³-hybridized carbons (Fsp3) is 0.455. The zero-order valence-electron chi connectivity index (χ0n) is 9.90. The highest BCUT2D eigenvalue weighted by Gasteiger charge is 1.90. The molecule has 0 saturated carbocycles. The number of nitrogens with two attached hydrogens (primary N) is 1. The molecule has 0 aliphatic rings. The highest BCUT2D eigenvalue weighted by Crippen LogP contribution is 1.81. The van der Waals surface area contributed by atoms with Gasteiger partial charge >= 0.3 is 11.9 Å². The predicted molar refractivity (Wildman–Crippen MR) is 64.2 cm³/mol. The number of rotatable bonds is 4. The third-order valence-electron chi connectivity index (χ3n) is 1.10. The Bertz CT molecular complexity index is 210. The van der Waals surface area contributed by atoms with Gasteiger partial charge in [0.1, 0.15) is 0 Å². The average molecular weight is 231 g/mol. The molecule has 0 aliphatic heterocycles. The first kappa shape index (κ1) is 19.9. The van der Waals surface area contributed by atoms with Crippen LogP contribution >= 0.6 is 0 Å². The van der Waals surface area contributed by atoms with Gasteiger partial charge in [-0.05, 0) is 19.9 Å². The topological polar surface area (TPSA) is 101 Å². The summed E-state index contributed by atoms with van der Waals surface area (Å²) in [5.41, 5.74) is 5.31. The van der Waals surface area contributed by atoms with Crippen LogP contribution in [-0.4, -0.2) is 28.7 Å². The fourth-order valence-electron chi connectivity index (χ4n) is 0.204. The first-order chi connectivity index (χ1) is 7.33. The molecule has 0 unspecified atom stereocenters. The Hall–Kier alpha value is -1.62. The van der Waals surface area contributed by atoms with E-state index in [0.29, 0.717) is 0 Å². The van der Waals surface area contributed by atoms with Crippen molar-refractivity contribution in [2.24, 2.45) is 5.73 Å². The predicted octanol–water partition coefficient (Wildman–Crippen LogP) is 1.65. The van der Waals surface area contributed by atoms with Crippen molar-refractivity contribution >= 4 is 11.9 Å². The van der Waals surface area contributed by atoms with Gasteiger partial charge in [-0.1, -0.05) is 26.5 Å². The van der Waals surface area contributed by atoms with Crippen molar-refractivity contribution in [2.45, 2.75) is 26.7 Å². The van der Waals surface area contributed by atoms with Gasteiger partial charge in [0.05, 0.1) is 0 Å². The maximum atomic E-state index is 9.60. The zero-order chi connectivity index (χ0) is 13.6. The molecule has 0 spiro atoms. The van der Waals surface area contributed by atoms with E-state index in [9.17, 15) is 9.59 Å². The van der Waals surface area contributed by atoms with Gasteiger partial charge in [-0.3, -0.25) is 0 Å². The molecular formula is C11H21NO4. The summed E-state index contributed by atoms with van der Waals surface area (Å²) >= 11 is 0. The van der Waals surface area contributed by atoms with Gasteiger partial charge in [-0.25, -0.2) is 9.59 Å². The second-order valence-corrected chi connectivity index (χ2v) is 2.77. The Morgan fingerprint density at radius 2 is 1.69 bits per heavy atom. The molecule has 0 aromatic heterocycles. The molecule has 0 bridgehead atoms. The van der Waals surface area contributed by atoms with Crippen LogP contribution in [0.15, 0.2) is 24.8 Å². The van der Waals surface area contributed by atoms with E-state index in [-0.39, 0.29) is 5.57 Å². The number of hydrogen-bond donors (Lipinski definition) is 3. The molecule has 0 fully saturated rings. The van der Waals surface area contributed by atoms with E-state index in [1.165, 1.54) is 19.8 Å². The minimum atomic E-state index is -0.981. The minimum absolute atomic E-state index is 0.176. The molecule has 16 heavy (non-hydrogen) atoms. The van der Waals surface area contributed by atoms with Crippen LogP contribution in [0, 0.1) is 0 Å². The van der Waals surface area contributed by atoms with Crippen LogP contribution in [0.25, 0.3) is 0 Å². The van der Waals surface area contributed by atoms with Crippen LogP contribution in [0.5, 0.6) is 0 Å². The van der Waals surface area contributed by atoms with E-state index in [2.05, 4.69) is 20.1 Å². The van der Waals surface area contributed by atoms with Crippen LogP contribution in [0.1, 0.15) is 26.7 Å². The lowest BCUT2D eigenvalue weighted by atomic mass is 10.3. The number of carbonyl (C=O) groups is 2. The molecular weight excluding hydrogens is 210 g/mol. The lowest BCUT2D eigenvalue weighted by Crippen LogP contribution is -1.95. The first-order valence-electron chi connectivity index (χ1n) is 4.77. The smallest absolute Gasteiger partial charge is 0.330 e. The van der Waals surface area contributed by atoms with E-state index >= 15 is 0 Å². The van der Waals surface area contributed by atoms with Crippen LogP contribution < -0.4 is 5.73 Å². The summed E-state index contributed by atoms with van der Waals surface area (Å²) in [5.74, 6) is -1.92. The third kappa shape index (κ3) is 39.4. The minimum Gasteiger partial charge on any atom is -0.478 e. The summed E-state index contributed by atoms with van der Waals surface area (Å²) in [6.45, 7) is 10.5. The maximum Gasteiger partial charge on any atom is 0.330 e. The summed E-state index contributed by atoms with van der Waals surface area (Å²) in [6, 6.07) is 0. The molecule has 0 atom stereocenters. The highest BCUT2D eigenvalue weighted by molar-refractivity contribution is 5.84. The lowest BCUT2D eigenvalue weighted by molar-refractivity contribution is -0.133. The van der Waals surface area contributed by atoms with Gasteiger partial charge in [-0.2, -0.15) is 0 Å². The average Bonchev–Trinajstić information content (AvgIpc) is 2.20. The molecule has 0 amide bonds. The van der Waals surface area contributed by atoms with E-state index < -0.39 is 11.9 Å². The summed E-state index contributed by atoms with van der Waals surface area (Å²) in [7, 11) is 0. The second-order valence-electron chi connectivity index (χ2n) is 2.77. The molecule has 5 heteroatoms. The maximum absolute atomic E-state index is 9.60. The molecule has 5 nitrogen and oxygen atoms in total. The van der Waals surface area contributed by atoms with Gasteiger partial charge in [0, 0.05) is 11.6 Å². The number of aliphatic carboxylic acids is 2. The first-order valence-corrected chi connectivity index (χ1v) is 4.77. The molecule has 0 aliphatic carbocycles. The summed E-state index contributed by atoms with van der Waals surface area (Å²) in [5, 5.41) is 15.5. The summed E-state index contributed by atoms with van der Waals surface area (Å²) in [4.78, 5) is 18.8. The van der Waals surface area contributed by atoms with Gasteiger partial charge in [0.25, 0.3) is 0 Å². The van der Waals surface area contributed by atoms with E-state index in [4.69, 9.17) is 15.9 Å². The van der Waals surface area contributed by atoms with E-state index in [1.54, 1.807) is 0 Å². The van der Waals surface area contributed by atoms with Crippen molar-refractivity contribution in [3.05, 3.63) is 24.8 Å². The van der Waals surface area contributed by atoms with Crippen molar-refractivity contribution in [2.75, 3.05) is 6.54 Å². The summed E-state index contributed by atoms with van der Waals surface area (Å²) in [6.07, 6.45) is 3.22. The Kier molecular flexibility index (Phi) is 19.7. The second kappa shape index (κ2) is 15.8. The largest absolute Gasteiger partial charge is 0.478 e. The van der Waals surface area contributed by atoms with Crippen molar-refractivity contribution in [3.8, 4) is 0 Å². The third-order valence-corrected chi connectivity index (χ3v) is 1.10. The normalized spacial score (nSPS) is 7.44. The zero-order valence-corrected chi connectivity index (χ0v) is 9.90. The molecule has 0 rings (SSSR count).